The molecule has 0 aliphatic heterocycles. The summed E-state index contributed by atoms with van der Waals surface area (Å²) in [6.07, 6.45) is 2.10. The lowest BCUT2D eigenvalue weighted by molar-refractivity contribution is 0.970. The highest BCUT2D eigenvalue weighted by atomic mass is 15.2. The Balaban J connectivity index is 2.39. The van der Waals surface area contributed by atoms with Gasteiger partial charge in [0.15, 0.2) is 5.82 Å². The van der Waals surface area contributed by atoms with Gasteiger partial charge >= 0.3 is 0 Å². The molecule has 0 aliphatic rings. The fraction of sp³-hybridized carbons (Fsp3) is 0.154. The van der Waals surface area contributed by atoms with Crippen LogP contribution in [0.25, 0.3) is 22.0 Å². The number of nitrogens with one attached hydrogen (secondary N) is 1. The average Bonchev–Trinajstić information content (AvgIpc) is 2.82. The molecule has 2 aromatic heterocycles. The predicted octanol–water partition coefficient (Wildman–Crippen LogP) is 2.46. The Bertz CT molecular complexity index is 671. The fourth-order valence-electron chi connectivity index (χ4n) is 2.33. The van der Waals surface area contributed by atoms with Gasteiger partial charge in [-0.1, -0.05) is 18.2 Å². The van der Waals surface area contributed by atoms with Gasteiger partial charge in [0.1, 0.15) is 0 Å². The number of benzene rings is 1. The molecule has 0 saturated heterocycles. The lowest BCUT2D eigenvalue weighted by Gasteiger charge is -1.98. The number of para-hydroxylation sites is 1. The van der Waals surface area contributed by atoms with Gasteiger partial charge in [0.25, 0.3) is 0 Å². The summed E-state index contributed by atoms with van der Waals surface area (Å²) in [5, 5.41) is 8.18. The minimum atomic E-state index is 0.554. The van der Waals surface area contributed by atoms with Gasteiger partial charge < -0.3 is 10.3 Å². The summed E-state index contributed by atoms with van der Waals surface area (Å²) in [4.78, 5) is 0. The van der Waals surface area contributed by atoms with Crippen molar-refractivity contribution in [2.45, 2.75) is 6.92 Å². The highest BCUT2D eigenvalue weighted by Gasteiger charge is 2.14. The molecule has 0 spiro atoms. The smallest absolute Gasteiger partial charge is 0.153 e. The Morgan fingerprint density at radius 2 is 2.06 bits per heavy atom. The molecule has 0 amide bonds. The lowest BCUT2D eigenvalue weighted by Crippen LogP contribution is -1.87. The minimum absolute atomic E-state index is 0.554. The number of aryl methyl sites for hydroxylation is 2. The first-order valence-corrected chi connectivity index (χ1v) is 5.53. The van der Waals surface area contributed by atoms with E-state index in [9.17, 15) is 0 Å². The van der Waals surface area contributed by atoms with Crippen molar-refractivity contribution < 1.29 is 0 Å². The van der Waals surface area contributed by atoms with E-state index in [2.05, 4.69) is 33.1 Å². The molecule has 3 aromatic rings. The van der Waals surface area contributed by atoms with Crippen LogP contribution in [-0.2, 0) is 7.05 Å². The number of H-pyrrole nitrogens is 1. The van der Waals surface area contributed by atoms with Crippen LogP contribution in [0.2, 0.25) is 0 Å². The van der Waals surface area contributed by atoms with E-state index in [0.717, 1.165) is 16.8 Å². The van der Waals surface area contributed by atoms with E-state index in [1.54, 1.807) is 0 Å². The maximum atomic E-state index is 5.92. The Labute approximate surface area is 99.1 Å². The number of hydrogen-bond donors (Lipinski definition) is 2. The first-order valence-electron chi connectivity index (χ1n) is 5.53. The molecule has 17 heavy (non-hydrogen) atoms. The fourth-order valence-corrected chi connectivity index (χ4v) is 2.33. The molecule has 86 valence electrons. The first kappa shape index (κ1) is 9.96. The van der Waals surface area contributed by atoms with Gasteiger partial charge in [0.2, 0.25) is 0 Å². The zero-order chi connectivity index (χ0) is 12.0. The van der Waals surface area contributed by atoms with Gasteiger partial charge in [-0.05, 0) is 13.0 Å². The number of nitrogen functional groups attached to an aromatic ring is 1. The summed E-state index contributed by atoms with van der Waals surface area (Å²) < 4.78 is 2.11. The summed E-state index contributed by atoms with van der Waals surface area (Å²) in [6, 6.07) is 8.29. The van der Waals surface area contributed by atoms with Crippen molar-refractivity contribution in [3.63, 3.8) is 0 Å². The van der Waals surface area contributed by atoms with Gasteiger partial charge in [-0.2, -0.15) is 5.10 Å². The standard InChI is InChI=1S/C13H14N4/c1-8-12(13(14)16-15-8)10-7-17(2)11-6-4-3-5-9(10)11/h3-7H,1-2H3,(H3,14,15,16). The summed E-state index contributed by atoms with van der Waals surface area (Å²) in [6.45, 7) is 1.99. The van der Waals surface area contributed by atoms with Crippen LogP contribution in [0.4, 0.5) is 5.82 Å². The highest BCUT2D eigenvalue weighted by Crippen LogP contribution is 2.34. The zero-order valence-corrected chi connectivity index (χ0v) is 9.86. The quantitative estimate of drug-likeness (QED) is 0.669. The molecule has 0 bridgehead atoms. The largest absolute Gasteiger partial charge is 0.382 e. The molecule has 1 aromatic carbocycles. The van der Waals surface area contributed by atoms with Gasteiger partial charge in [-0.25, -0.2) is 0 Å². The van der Waals surface area contributed by atoms with E-state index < -0.39 is 0 Å². The second-order valence-electron chi connectivity index (χ2n) is 4.28. The number of aromatic amines is 1. The number of nitrogens with zero attached hydrogens (tertiary/aromatic N) is 2. The van der Waals surface area contributed by atoms with Crippen molar-refractivity contribution in [1.82, 2.24) is 14.8 Å². The van der Waals surface area contributed by atoms with Gasteiger partial charge in [0, 0.05) is 41.0 Å². The Kier molecular flexibility index (Phi) is 1.98. The Morgan fingerprint density at radius 1 is 1.29 bits per heavy atom. The molecular formula is C13H14N4. The molecule has 0 atom stereocenters. The zero-order valence-electron chi connectivity index (χ0n) is 9.86. The maximum absolute atomic E-state index is 5.92. The summed E-state index contributed by atoms with van der Waals surface area (Å²) in [5.41, 5.74) is 10.3. The number of aromatic nitrogens is 3. The third-order valence-corrected chi connectivity index (χ3v) is 3.14. The van der Waals surface area contributed by atoms with Crippen LogP contribution >= 0.6 is 0 Å². The second-order valence-corrected chi connectivity index (χ2v) is 4.28. The van der Waals surface area contributed by atoms with E-state index >= 15 is 0 Å². The molecule has 3 N–H and O–H groups in total. The normalized spacial score (nSPS) is 11.2. The monoisotopic (exact) mass is 226 g/mol. The lowest BCUT2D eigenvalue weighted by atomic mass is 10.1. The second kappa shape index (κ2) is 3.38. The van der Waals surface area contributed by atoms with Crippen LogP contribution in [0, 0.1) is 6.92 Å². The molecule has 0 radical (unpaired) electrons. The van der Waals surface area contributed by atoms with Crippen LogP contribution in [0.1, 0.15) is 5.69 Å². The van der Waals surface area contributed by atoms with Gasteiger partial charge in [0.05, 0.1) is 0 Å². The van der Waals surface area contributed by atoms with Crippen molar-refractivity contribution in [3.8, 4) is 11.1 Å². The van der Waals surface area contributed by atoms with E-state index in [1.807, 2.05) is 26.1 Å². The van der Waals surface area contributed by atoms with E-state index in [0.29, 0.717) is 5.82 Å². The summed E-state index contributed by atoms with van der Waals surface area (Å²) in [7, 11) is 2.04. The average molecular weight is 226 g/mol. The van der Waals surface area contributed by atoms with Crippen molar-refractivity contribution in [1.29, 1.82) is 0 Å². The number of fused-ring (bicyclic) bond motifs is 1. The van der Waals surface area contributed by atoms with Crippen LogP contribution in [0.15, 0.2) is 30.5 Å². The molecule has 4 nitrogen and oxygen atoms in total. The van der Waals surface area contributed by atoms with Crippen LogP contribution in [0.5, 0.6) is 0 Å². The Morgan fingerprint density at radius 3 is 2.76 bits per heavy atom. The predicted molar refractivity (Wildman–Crippen MR) is 69.7 cm³/mol. The topological polar surface area (TPSA) is 59.6 Å². The molecule has 0 saturated carbocycles. The number of rotatable bonds is 1. The van der Waals surface area contributed by atoms with Gasteiger partial charge in [-0.3, -0.25) is 5.10 Å². The van der Waals surface area contributed by atoms with Crippen LogP contribution in [-0.4, -0.2) is 14.8 Å². The van der Waals surface area contributed by atoms with E-state index in [-0.39, 0.29) is 0 Å². The number of hydrogen-bond acceptors (Lipinski definition) is 2. The number of nitrogens with two attached hydrogens (primary N) is 1. The third kappa shape index (κ3) is 1.34. The molecule has 0 fully saturated rings. The van der Waals surface area contributed by atoms with Crippen LogP contribution in [0.3, 0.4) is 0 Å². The molecular weight excluding hydrogens is 212 g/mol. The van der Waals surface area contributed by atoms with Crippen molar-refractivity contribution in [3.05, 3.63) is 36.2 Å². The van der Waals surface area contributed by atoms with E-state index in [1.165, 1.54) is 10.9 Å². The van der Waals surface area contributed by atoms with Crippen molar-refractivity contribution in [2.24, 2.45) is 7.05 Å². The number of anilines is 1. The minimum Gasteiger partial charge on any atom is -0.382 e. The molecule has 4 heteroatoms. The maximum Gasteiger partial charge on any atom is 0.153 e. The third-order valence-electron chi connectivity index (χ3n) is 3.14. The van der Waals surface area contributed by atoms with Crippen LogP contribution < -0.4 is 5.73 Å². The Hall–Kier alpha value is -2.23. The van der Waals surface area contributed by atoms with Crippen molar-refractivity contribution >= 4 is 16.7 Å². The van der Waals surface area contributed by atoms with Crippen molar-refractivity contribution in [2.75, 3.05) is 5.73 Å². The summed E-state index contributed by atoms with van der Waals surface area (Å²) in [5.74, 6) is 0.554. The SMILES string of the molecule is Cc1[nH]nc(N)c1-c1cn(C)c2ccccc12. The highest BCUT2D eigenvalue weighted by molar-refractivity contribution is 5.98. The molecule has 2 heterocycles. The molecule has 3 rings (SSSR count). The summed E-state index contributed by atoms with van der Waals surface area (Å²) >= 11 is 0. The molecule has 0 aliphatic carbocycles. The first-order chi connectivity index (χ1) is 8.18. The van der Waals surface area contributed by atoms with E-state index in [4.69, 9.17) is 5.73 Å². The van der Waals surface area contributed by atoms with Gasteiger partial charge in [-0.15, -0.1) is 0 Å². The molecule has 0 unspecified atom stereocenters.